The van der Waals surface area contributed by atoms with Crippen molar-refractivity contribution < 1.29 is 28.4 Å². The summed E-state index contributed by atoms with van der Waals surface area (Å²) in [4.78, 5) is 68.9. The van der Waals surface area contributed by atoms with Gasteiger partial charge in [-0.25, -0.2) is 59.8 Å². The maximum absolute atomic E-state index is 5.51. The molecule has 6 aromatic carbocycles. The Morgan fingerprint density at radius 1 is 0.294 bits per heavy atom. The maximum atomic E-state index is 5.51. The van der Waals surface area contributed by atoms with Crippen LogP contribution in [0.1, 0.15) is 54.2 Å². The van der Waals surface area contributed by atoms with Crippen LogP contribution in [-0.4, -0.2) is 179 Å². The molecular weight excluding hydrogens is 1280 g/mol. The average Bonchev–Trinajstić information content (AvgIpc) is 0.786. The molecule has 15 rings (SSSR count). The van der Waals surface area contributed by atoms with Gasteiger partial charge < -0.3 is 57.8 Å². The van der Waals surface area contributed by atoms with E-state index < -0.39 is 0 Å². The smallest absolute Gasteiger partial charge is 0.225 e. The number of hydrogen-bond donors (Lipinski definition) is 0. The number of nitrogens with zero attached hydrogens (tertiary/aromatic N) is 18. The molecule has 0 radical (unpaired) electrons. The second-order valence-electron chi connectivity index (χ2n) is 25.4. The van der Waals surface area contributed by atoms with Crippen molar-refractivity contribution in [2.45, 2.75) is 58.2 Å². The van der Waals surface area contributed by atoms with Crippen LogP contribution in [0.3, 0.4) is 0 Å². The number of piperazine rings is 3. The molecule has 1 unspecified atom stereocenters. The molecule has 0 bridgehead atoms. The van der Waals surface area contributed by atoms with Gasteiger partial charge in [0.15, 0.2) is 34.5 Å². The van der Waals surface area contributed by atoms with E-state index in [1.54, 1.807) is 61.6 Å². The van der Waals surface area contributed by atoms with E-state index in [0.29, 0.717) is 34.5 Å². The van der Waals surface area contributed by atoms with Gasteiger partial charge in [0.25, 0.3) is 0 Å². The van der Waals surface area contributed by atoms with Gasteiger partial charge in [-0.15, -0.1) is 0 Å². The van der Waals surface area contributed by atoms with Gasteiger partial charge in [0.05, 0.1) is 59.2 Å². The second-order valence-corrected chi connectivity index (χ2v) is 25.4. The number of aromatic nitrogens is 12. The zero-order chi connectivity index (χ0) is 70.5. The van der Waals surface area contributed by atoms with E-state index >= 15 is 0 Å². The van der Waals surface area contributed by atoms with Crippen LogP contribution in [0.5, 0.6) is 34.5 Å². The monoisotopic (exact) mass is 1370 g/mol. The van der Waals surface area contributed by atoms with Gasteiger partial charge in [-0.05, 0) is 72.4 Å². The van der Waals surface area contributed by atoms with Crippen LogP contribution >= 0.6 is 0 Å². The predicted molar refractivity (Wildman–Crippen MR) is 399 cm³/mol. The Bertz CT molecular complexity index is 4550. The summed E-state index contributed by atoms with van der Waals surface area (Å²) in [5.41, 5.74) is 9.58. The Labute approximate surface area is 594 Å². The molecule has 0 spiro atoms. The van der Waals surface area contributed by atoms with Crippen molar-refractivity contribution in [1.29, 1.82) is 0 Å². The Morgan fingerprint density at radius 2 is 0.578 bits per heavy atom. The molecule has 3 aliphatic heterocycles. The number of benzene rings is 6. The third-order valence-corrected chi connectivity index (χ3v) is 18.7. The highest BCUT2D eigenvalue weighted by molar-refractivity contribution is 5.94. The van der Waals surface area contributed by atoms with E-state index in [4.69, 9.17) is 28.4 Å². The second kappa shape index (κ2) is 32.0. The normalized spacial score (nSPS) is 16.0. The lowest BCUT2D eigenvalue weighted by atomic mass is 10.1. The zero-order valence-corrected chi connectivity index (χ0v) is 59.0. The molecule has 3 atom stereocenters. The highest BCUT2D eigenvalue weighted by Gasteiger charge is 2.32. The summed E-state index contributed by atoms with van der Waals surface area (Å²) < 4.78 is 32.8. The van der Waals surface area contributed by atoms with Crippen LogP contribution in [0.25, 0.3) is 32.7 Å². The summed E-state index contributed by atoms with van der Waals surface area (Å²) in [6.45, 7) is 13.8. The summed E-state index contributed by atoms with van der Waals surface area (Å²) in [7, 11) is 9.80. The van der Waals surface area contributed by atoms with Crippen LogP contribution < -0.4 is 57.8 Å². The Kier molecular flexibility index (Phi) is 21.6. The Morgan fingerprint density at radius 3 is 0.912 bits per heavy atom. The van der Waals surface area contributed by atoms with Crippen molar-refractivity contribution in [2.24, 2.45) is 0 Å². The molecule has 6 aromatic heterocycles. The van der Waals surface area contributed by atoms with E-state index in [2.05, 4.69) is 183 Å². The minimum atomic E-state index is 0.215. The van der Waals surface area contributed by atoms with Gasteiger partial charge in [-0.1, -0.05) is 91.0 Å². The standard InChI is InChI=1S/3C26H28N6O2/c2*1-18-16-31(26-27-14-20(15-28-26)11-19-7-5-4-6-8-19)9-10-32(18)25-21-12-23(33-2)24(34-3)13-22(21)29-17-30-25;1-18-16-31(25-21-12-23(33-2)24(34-3)13-22(21)29-17-30-25)9-10-32(18)26-27-14-20(15-28-26)11-19-7-5-4-6-8-19/h3*4-8,12-15,17-18H,9-11,16H2,1-3H3/t2*18-;/m10./s1. The van der Waals surface area contributed by atoms with Gasteiger partial charge in [0.2, 0.25) is 17.8 Å². The Balaban J connectivity index is 0.000000137. The van der Waals surface area contributed by atoms with E-state index in [1.807, 2.05) is 91.8 Å². The fourth-order valence-electron chi connectivity index (χ4n) is 13.5. The predicted octanol–water partition coefficient (Wildman–Crippen LogP) is 11.2. The molecule has 0 amide bonds. The summed E-state index contributed by atoms with van der Waals surface area (Å²) in [6.07, 6.45) is 18.9. The summed E-state index contributed by atoms with van der Waals surface area (Å²) in [5.74, 6) is 8.98. The van der Waals surface area contributed by atoms with Gasteiger partial charge in [-0.2, -0.15) is 0 Å². The lowest BCUT2D eigenvalue weighted by molar-refractivity contribution is 0.355. The molecule has 0 saturated carbocycles. The van der Waals surface area contributed by atoms with Crippen molar-refractivity contribution in [3.05, 3.63) is 217 Å². The van der Waals surface area contributed by atoms with E-state index in [0.717, 1.165) is 163 Å². The average molecular weight is 1370 g/mol. The largest absolute Gasteiger partial charge is 0.493 e. The highest BCUT2D eigenvalue weighted by Crippen LogP contribution is 2.39. The molecule has 102 heavy (non-hydrogen) atoms. The number of hydrogen-bond acceptors (Lipinski definition) is 24. The maximum Gasteiger partial charge on any atom is 0.225 e. The number of rotatable bonds is 18. The molecule has 24 nitrogen and oxygen atoms in total. The molecule has 0 N–H and O–H groups in total. The molecule has 3 aliphatic rings. The number of fused-ring (bicyclic) bond motifs is 3. The highest BCUT2D eigenvalue weighted by atomic mass is 16.5. The van der Waals surface area contributed by atoms with Crippen molar-refractivity contribution in [2.75, 3.05) is 131 Å². The van der Waals surface area contributed by atoms with Crippen LogP contribution in [0.4, 0.5) is 35.3 Å². The van der Waals surface area contributed by atoms with E-state index in [-0.39, 0.29) is 18.1 Å². The minimum absolute atomic E-state index is 0.215. The molecular formula is C78H84N18O6. The van der Waals surface area contributed by atoms with Crippen LogP contribution in [0, 0.1) is 0 Å². The fourth-order valence-corrected chi connectivity index (χ4v) is 13.5. The molecule has 0 aliphatic carbocycles. The summed E-state index contributed by atoms with van der Waals surface area (Å²) in [6, 6.07) is 43.3. The molecule has 3 saturated heterocycles. The van der Waals surface area contributed by atoms with Crippen molar-refractivity contribution in [3.63, 3.8) is 0 Å². The van der Waals surface area contributed by atoms with Crippen LogP contribution in [-0.2, 0) is 19.3 Å². The van der Waals surface area contributed by atoms with Crippen molar-refractivity contribution >= 4 is 68.0 Å². The number of anilines is 6. The first-order chi connectivity index (χ1) is 50.0. The van der Waals surface area contributed by atoms with Gasteiger partial charge >= 0.3 is 0 Å². The summed E-state index contributed by atoms with van der Waals surface area (Å²) >= 11 is 0. The van der Waals surface area contributed by atoms with E-state index in [9.17, 15) is 0 Å². The first kappa shape index (κ1) is 68.7. The molecule has 12 aromatic rings. The summed E-state index contributed by atoms with van der Waals surface area (Å²) in [5, 5.41) is 2.84. The fraction of sp³-hybridized carbons (Fsp3) is 0.308. The SMILES string of the molecule is COc1cc2ncnc(N3CCN(c4ncc(Cc5ccccc5)cn4)C(C)C3)c2cc1OC.COc1cc2ncnc(N3CCN(c4ncc(Cc5ccccc5)cn4)C[C@@H]3C)c2cc1OC.COc1cc2ncnc(N3CCN(c4ncc(Cc5ccccc5)cn4)C[C@H]3C)c2cc1OC. The van der Waals surface area contributed by atoms with E-state index in [1.165, 1.54) is 16.7 Å². The third kappa shape index (κ3) is 15.6. The molecule has 3 fully saturated rings. The Hall–Kier alpha value is -11.8. The first-order valence-electron chi connectivity index (χ1n) is 34.2. The zero-order valence-electron chi connectivity index (χ0n) is 59.0. The van der Waals surface area contributed by atoms with Crippen LogP contribution in [0.15, 0.2) is 184 Å². The lowest BCUT2D eigenvalue weighted by Crippen LogP contribution is -2.53. The van der Waals surface area contributed by atoms with Crippen molar-refractivity contribution in [1.82, 2.24) is 59.8 Å². The molecule has 24 heteroatoms. The number of ether oxygens (including phenoxy) is 6. The van der Waals surface area contributed by atoms with Gasteiger partial charge in [0, 0.05) is 168 Å². The molecule has 522 valence electrons. The van der Waals surface area contributed by atoms with Crippen LogP contribution in [0.2, 0.25) is 0 Å². The lowest BCUT2D eigenvalue weighted by Gasteiger charge is -2.40. The first-order valence-corrected chi connectivity index (χ1v) is 34.2. The van der Waals surface area contributed by atoms with Crippen molar-refractivity contribution in [3.8, 4) is 34.5 Å². The topological polar surface area (TPSA) is 229 Å². The minimum Gasteiger partial charge on any atom is -0.493 e. The number of methoxy groups -OCH3 is 6. The van der Waals surface area contributed by atoms with Gasteiger partial charge in [0.1, 0.15) is 36.4 Å². The molecule has 9 heterocycles. The van der Waals surface area contributed by atoms with Gasteiger partial charge in [-0.3, -0.25) is 0 Å². The third-order valence-electron chi connectivity index (χ3n) is 18.7. The quantitative estimate of drug-likeness (QED) is 0.0777.